The molecule has 134 valence electrons. The minimum atomic E-state index is -1.46. The summed E-state index contributed by atoms with van der Waals surface area (Å²) in [6.45, 7) is 3.61. The van der Waals surface area contributed by atoms with Gasteiger partial charge in [-0.3, -0.25) is 14.6 Å². The lowest BCUT2D eigenvalue weighted by molar-refractivity contribution is -0.151. The van der Waals surface area contributed by atoms with E-state index in [4.69, 9.17) is 9.47 Å². The van der Waals surface area contributed by atoms with Crippen molar-refractivity contribution in [1.82, 2.24) is 14.8 Å². The fourth-order valence-corrected chi connectivity index (χ4v) is 2.28. The quantitative estimate of drug-likeness (QED) is 0.531. The van der Waals surface area contributed by atoms with Gasteiger partial charge in [0.1, 0.15) is 31.1 Å². The topological polar surface area (TPSA) is 144 Å². The molecule has 3 N–H and O–H groups in total. The van der Waals surface area contributed by atoms with Gasteiger partial charge >= 0.3 is 11.7 Å². The van der Waals surface area contributed by atoms with Gasteiger partial charge < -0.3 is 19.7 Å². The molecule has 1 saturated heterocycles. The number of carbonyl (C=O) groups is 1. The number of aromatic amines is 1. The number of esters is 1. The second-order valence-electron chi connectivity index (χ2n) is 5.83. The van der Waals surface area contributed by atoms with E-state index in [1.54, 1.807) is 0 Å². The minimum Gasteiger partial charge on any atom is -0.463 e. The standard InChI is InChI=1S/C14H21N3O7/c1-3-7(2)4-10(19)23-6-8-11(20)12(21)13(24-8)17-14(22)16-9(18)5-15-17/h5,7-8,11-13,20-21H,3-4,6H2,1-2H3,(H,16,18,22). The zero-order chi connectivity index (χ0) is 17.9. The van der Waals surface area contributed by atoms with Gasteiger partial charge in [-0.05, 0) is 5.92 Å². The number of carbonyl (C=O) groups excluding carboxylic acids is 1. The zero-order valence-corrected chi connectivity index (χ0v) is 13.4. The number of nitrogens with one attached hydrogen (secondary N) is 1. The Morgan fingerprint density at radius 2 is 2.17 bits per heavy atom. The van der Waals surface area contributed by atoms with Crippen molar-refractivity contribution in [2.75, 3.05) is 6.61 Å². The number of aromatic nitrogens is 3. The number of hydrogen-bond donors (Lipinski definition) is 3. The molecule has 1 fully saturated rings. The summed E-state index contributed by atoms with van der Waals surface area (Å²) in [6, 6.07) is 0. The van der Waals surface area contributed by atoms with E-state index in [1.807, 2.05) is 18.8 Å². The molecule has 1 aliphatic heterocycles. The Balaban J connectivity index is 2.01. The summed E-state index contributed by atoms with van der Waals surface area (Å²) in [7, 11) is 0. The summed E-state index contributed by atoms with van der Waals surface area (Å²) >= 11 is 0. The first-order chi connectivity index (χ1) is 11.3. The van der Waals surface area contributed by atoms with Crippen LogP contribution >= 0.6 is 0 Å². The molecule has 0 saturated carbocycles. The smallest absolute Gasteiger partial charge is 0.347 e. The van der Waals surface area contributed by atoms with Gasteiger partial charge in [0.2, 0.25) is 0 Å². The molecule has 10 heteroatoms. The Hall–Kier alpha value is -2.04. The average molecular weight is 343 g/mol. The van der Waals surface area contributed by atoms with Crippen LogP contribution in [0.25, 0.3) is 0 Å². The number of aliphatic hydroxyl groups is 2. The fraction of sp³-hybridized carbons (Fsp3) is 0.714. The molecule has 10 nitrogen and oxygen atoms in total. The molecule has 1 aromatic heterocycles. The maximum Gasteiger partial charge on any atom is 0.347 e. The molecule has 0 aromatic carbocycles. The number of ether oxygens (including phenoxy) is 2. The number of rotatable bonds is 6. The van der Waals surface area contributed by atoms with Gasteiger partial charge in [0.25, 0.3) is 5.56 Å². The lowest BCUT2D eigenvalue weighted by Crippen LogP contribution is -2.39. The van der Waals surface area contributed by atoms with E-state index in [0.29, 0.717) is 0 Å². The third-order valence-corrected chi connectivity index (χ3v) is 3.94. The predicted octanol–water partition coefficient (Wildman–Crippen LogP) is -1.47. The van der Waals surface area contributed by atoms with Crippen LogP contribution in [0.3, 0.4) is 0 Å². The second-order valence-corrected chi connectivity index (χ2v) is 5.83. The van der Waals surface area contributed by atoms with E-state index in [9.17, 15) is 24.6 Å². The van der Waals surface area contributed by atoms with E-state index >= 15 is 0 Å². The van der Waals surface area contributed by atoms with Gasteiger partial charge in [-0.1, -0.05) is 20.3 Å². The first-order valence-corrected chi connectivity index (χ1v) is 7.68. The third kappa shape index (κ3) is 4.08. The molecule has 5 unspecified atom stereocenters. The van der Waals surface area contributed by atoms with Crippen molar-refractivity contribution in [3.63, 3.8) is 0 Å². The third-order valence-electron chi connectivity index (χ3n) is 3.94. The molecule has 0 amide bonds. The van der Waals surface area contributed by atoms with Crippen LogP contribution in [0.5, 0.6) is 0 Å². The van der Waals surface area contributed by atoms with Crippen LogP contribution in [0.2, 0.25) is 0 Å². The monoisotopic (exact) mass is 343 g/mol. The van der Waals surface area contributed by atoms with Crippen molar-refractivity contribution in [3.8, 4) is 0 Å². The molecule has 0 bridgehead atoms. The van der Waals surface area contributed by atoms with E-state index in [0.717, 1.165) is 17.3 Å². The van der Waals surface area contributed by atoms with Crippen molar-refractivity contribution >= 4 is 5.97 Å². The average Bonchev–Trinajstić information content (AvgIpc) is 2.81. The molecule has 24 heavy (non-hydrogen) atoms. The summed E-state index contributed by atoms with van der Waals surface area (Å²) in [5.74, 6) is -0.258. The van der Waals surface area contributed by atoms with E-state index in [-0.39, 0.29) is 18.9 Å². The van der Waals surface area contributed by atoms with Crippen LogP contribution in [-0.4, -0.2) is 55.9 Å². The Kier molecular flexibility index (Phi) is 5.86. The lowest BCUT2D eigenvalue weighted by atomic mass is 10.1. The molecule has 0 aliphatic carbocycles. The first-order valence-electron chi connectivity index (χ1n) is 7.68. The van der Waals surface area contributed by atoms with Crippen molar-refractivity contribution in [2.24, 2.45) is 5.92 Å². The summed E-state index contributed by atoms with van der Waals surface area (Å²) in [5, 5.41) is 23.6. The van der Waals surface area contributed by atoms with Gasteiger partial charge in [0, 0.05) is 6.42 Å². The summed E-state index contributed by atoms with van der Waals surface area (Å²) in [5.41, 5.74) is -1.58. The normalized spacial score (nSPS) is 27.8. The predicted molar refractivity (Wildman–Crippen MR) is 80.1 cm³/mol. The molecular weight excluding hydrogens is 322 g/mol. The van der Waals surface area contributed by atoms with E-state index < -0.39 is 41.8 Å². The molecule has 0 spiro atoms. The highest BCUT2D eigenvalue weighted by Gasteiger charge is 2.45. The van der Waals surface area contributed by atoms with Crippen molar-refractivity contribution in [3.05, 3.63) is 27.0 Å². The zero-order valence-electron chi connectivity index (χ0n) is 13.4. The van der Waals surface area contributed by atoms with Crippen LogP contribution < -0.4 is 11.2 Å². The highest BCUT2D eigenvalue weighted by Crippen LogP contribution is 2.28. The molecule has 2 heterocycles. The second kappa shape index (κ2) is 7.69. The van der Waals surface area contributed by atoms with Crippen LogP contribution in [0.4, 0.5) is 0 Å². The van der Waals surface area contributed by atoms with Gasteiger partial charge in [0.05, 0.1) is 0 Å². The molecular formula is C14H21N3O7. The molecule has 2 rings (SSSR count). The Morgan fingerprint density at radius 3 is 2.79 bits per heavy atom. The number of aliphatic hydroxyl groups excluding tert-OH is 2. The lowest BCUT2D eigenvalue weighted by Gasteiger charge is -2.15. The number of H-pyrrole nitrogens is 1. The Labute approximate surface area is 137 Å². The van der Waals surface area contributed by atoms with Crippen LogP contribution in [0, 0.1) is 5.92 Å². The minimum absolute atomic E-state index is 0.175. The van der Waals surface area contributed by atoms with Crippen molar-refractivity contribution < 1.29 is 24.5 Å². The van der Waals surface area contributed by atoms with Crippen LogP contribution in [0.15, 0.2) is 15.8 Å². The van der Waals surface area contributed by atoms with Gasteiger partial charge in [-0.2, -0.15) is 9.78 Å². The van der Waals surface area contributed by atoms with Crippen LogP contribution in [-0.2, 0) is 14.3 Å². The largest absolute Gasteiger partial charge is 0.463 e. The van der Waals surface area contributed by atoms with Gasteiger partial charge in [0.15, 0.2) is 6.23 Å². The van der Waals surface area contributed by atoms with Crippen LogP contribution in [0.1, 0.15) is 32.9 Å². The highest BCUT2D eigenvalue weighted by atomic mass is 16.6. The van der Waals surface area contributed by atoms with E-state index in [2.05, 4.69) is 5.10 Å². The Bertz CT molecular complexity index is 685. The first kappa shape index (κ1) is 18.3. The summed E-state index contributed by atoms with van der Waals surface area (Å²) in [4.78, 5) is 36.4. The van der Waals surface area contributed by atoms with Crippen molar-refractivity contribution in [2.45, 2.75) is 51.2 Å². The SMILES string of the molecule is CCC(C)CC(=O)OCC1OC(n2ncc(=O)[nH]c2=O)C(O)C1O. The fourth-order valence-electron chi connectivity index (χ4n) is 2.28. The number of nitrogens with zero attached hydrogens (tertiary/aromatic N) is 2. The maximum absolute atomic E-state index is 11.7. The highest BCUT2D eigenvalue weighted by molar-refractivity contribution is 5.69. The van der Waals surface area contributed by atoms with Gasteiger partial charge in [-0.15, -0.1) is 0 Å². The Morgan fingerprint density at radius 1 is 1.46 bits per heavy atom. The van der Waals surface area contributed by atoms with Gasteiger partial charge in [-0.25, -0.2) is 4.79 Å². The molecule has 5 atom stereocenters. The molecule has 1 aliphatic rings. The molecule has 0 radical (unpaired) electrons. The van der Waals surface area contributed by atoms with E-state index in [1.165, 1.54) is 0 Å². The number of hydrogen-bond acceptors (Lipinski definition) is 8. The maximum atomic E-state index is 11.7. The summed E-state index contributed by atoms with van der Waals surface area (Å²) < 4.78 is 11.1. The van der Waals surface area contributed by atoms with Crippen molar-refractivity contribution in [1.29, 1.82) is 0 Å². The molecule has 1 aromatic rings. The summed E-state index contributed by atoms with van der Waals surface area (Å²) in [6.07, 6.45) is -3.20.